The molecule has 4 rings (SSSR count). The summed E-state index contributed by atoms with van der Waals surface area (Å²) >= 11 is 0. The van der Waals surface area contributed by atoms with Crippen molar-refractivity contribution in [2.45, 2.75) is 32.7 Å². The van der Waals surface area contributed by atoms with Gasteiger partial charge in [0.1, 0.15) is 11.5 Å². The summed E-state index contributed by atoms with van der Waals surface area (Å²) in [5.41, 5.74) is 2.91. The standard InChI is InChI=1S/C24H24N2O4/c1-17-20(25-24(30-17)18-7-3-2-4-8-18)9-6-16-29-22-11-5-10-21-19(22)12-14-26(21)15-13-23(27)28/h2-5,7-8,10-12,14H,6,9,13,15-16H2,1H3,(H,27,28). The molecule has 2 aromatic carbocycles. The number of aryl methyl sites for hydroxylation is 3. The van der Waals surface area contributed by atoms with Crippen LogP contribution in [0, 0.1) is 6.92 Å². The minimum Gasteiger partial charge on any atom is -0.493 e. The number of nitrogens with zero attached hydrogens (tertiary/aromatic N) is 2. The molecule has 0 aliphatic heterocycles. The van der Waals surface area contributed by atoms with E-state index in [0.29, 0.717) is 19.0 Å². The number of benzene rings is 2. The molecule has 30 heavy (non-hydrogen) atoms. The minimum atomic E-state index is -0.803. The Morgan fingerprint density at radius 2 is 1.97 bits per heavy atom. The topological polar surface area (TPSA) is 77.5 Å². The Morgan fingerprint density at radius 3 is 2.77 bits per heavy atom. The van der Waals surface area contributed by atoms with Crippen LogP contribution in [0.1, 0.15) is 24.3 Å². The molecular formula is C24H24N2O4. The molecule has 0 radical (unpaired) electrons. The molecule has 0 aliphatic rings. The first kappa shape index (κ1) is 19.8. The Kier molecular flexibility index (Phi) is 5.84. The van der Waals surface area contributed by atoms with Crippen LogP contribution in [0.5, 0.6) is 5.75 Å². The highest BCUT2D eigenvalue weighted by Crippen LogP contribution is 2.27. The van der Waals surface area contributed by atoms with Crippen molar-refractivity contribution < 1.29 is 19.1 Å². The fraction of sp³-hybridized carbons (Fsp3) is 0.250. The lowest BCUT2D eigenvalue weighted by Crippen LogP contribution is -2.03. The number of oxazole rings is 1. The van der Waals surface area contributed by atoms with Gasteiger partial charge in [0.15, 0.2) is 0 Å². The summed E-state index contributed by atoms with van der Waals surface area (Å²) in [5.74, 6) is 1.49. The van der Waals surface area contributed by atoms with Crippen LogP contribution >= 0.6 is 0 Å². The average Bonchev–Trinajstić information content (AvgIpc) is 3.34. The summed E-state index contributed by atoms with van der Waals surface area (Å²) in [5, 5.41) is 9.90. The van der Waals surface area contributed by atoms with Crippen LogP contribution in [0.15, 0.2) is 65.2 Å². The predicted octanol–water partition coefficient (Wildman–Crippen LogP) is 5.09. The van der Waals surface area contributed by atoms with Gasteiger partial charge in [0.05, 0.1) is 24.2 Å². The van der Waals surface area contributed by atoms with E-state index in [0.717, 1.165) is 46.5 Å². The molecule has 0 fully saturated rings. The molecule has 1 N–H and O–H groups in total. The molecule has 0 atom stereocenters. The monoisotopic (exact) mass is 404 g/mol. The van der Waals surface area contributed by atoms with Crippen LogP contribution in [0.4, 0.5) is 0 Å². The van der Waals surface area contributed by atoms with E-state index in [2.05, 4.69) is 4.98 Å². The number of rotatable bonds is 9. The predicted molar refractivity (Wildman–Crippen MR) is 115 cm³/mol. The van der Waals surface area contributed by atoms with Gasteiger partial charge in [-0.05, 0) is 50.1 Å². The lowest BCUT2D eigenvalue weighted by molar-refractivity contribution is -0.137. The Morgan fingerprint density at radius 1 is 1.13 bits per heavy atom. The van der Waals surface area contributed by atoms with Crippen molar-refractivity contribution in [1.82, 2.24) is 9.55 Å². The zero-order valence-electron chi connectivity index (χ0n) is 16.9. The van der Waals surface area contributed by atoms with Gasteiger partial charge >= 0.3 is 5.97 Å². The third-order valence-corrected chi connectivity index (χ3v) is 5.07. The molecule has 0 spiro atoms. The summed E-state index contributed by atoms with van der Waals surface area (Å²) < 4.78 is 13.8. The maximum atomic E-state index is 10.8. The zero-order chi connectivity index (χ0) is 20.9. The van der Waals surface area contributed by atoms with Gasteiger partial charge in [-0.15, -0.1) is 0 Å². The average molecular weight is 404 g/mol. The van der Waals surface area contributed by atoms with Crippen molar-refractivity contribution in [3.05, 3.63) is 72.2 Å². The molecule has 6 heteroatoms. The van der Waals surface area contributed by atoms with Gasteiger partial charge in [-0.2, -0.15) is 0 Å². The molecule has 154 valence electrons. The Balaban J connectivity index is 1.37. The Labute approximate surface area is 174 Å². The third-order valence-electron chi connectivity index (χ3n) is 5.07. The maximum Gasteiger partial charge on any atom is 0.305 e. The smallest absolute Gasteiger partial charge is 0.305 e. The normalized spacial score (nSPS) is 11.1. The van der Waals surface area contributed by atoms with Crippen LogP contribution in [-0.4, -0.2) is 27.2 Å². The van der Waals surface area contributed by atoms with Crippen LogP contribution in [-0.2, 0) is 17.8 Å². The van der Waals surface area contributed by atoms with Gasteiger partial charge in [-0.3, -0.25) is 4.79 Å². The first-order valence-electron chi connectivity index (χ1n) is 10.1. The van der Waals surface area contributed by atoms with E-state index in [1.807, 2.05) is 72.3 Å². The van der Waals surface area contributed by atoms with E-state index in [1.54, 1.807) is 0 Å². The van der Waals surface area contributed by atoms with Crippen molar-refractivity contribution in [1.29, 1.82) is 0 Å². The number of aliphatic carboxylic acids is 1. The largest absolute Gasteiger partial charge is 0.493 e. The molecule has 2 heterocycles. The molecule has 0 bridgehead atoms. The highest BCUT2D eigenvalue weighted by atomic mass is 16.5. The summed E-state index contributed by atoms with van der Waals surface area (Å²) in [7, 11) is 0. The number of carbonyl (C=O) groups is 1. The van der Waals surface area contributed by atoms with Gasteiger partial charge in [-0.1, -0.05) is 24.3 Å². The zero-order valence-corrected chi connectivity index (χ0v) is 16.9. The summed E-state index contributed by atoms with van der Waals surface area (Å²) in [6.07, 6.45) is 3.59. The quantitative estimate of drug-likeness (QED) is 0.393. The van der Waals surface area contributed by atoms with Crippen molar-refractivity contribution in [3.8, 4) is 17.2 Å². The van der Waals surface area contributed by atoms with Crippen LogP contribution < -0.4 is 4.74 Å². The number of hydrogen-bond acceptors (Lipinski definition) is 4. The first-order chi connectivity index (χ1) is 14.6. The molecule has 4 aromatic rings. The SMILES string of the molecule is Cc1oc(-c2ccccc2)nc1CCCOc1cccc2c1ccn2CCC(=O)O. The lowest BCUT2D eigenvalue weighted by Gasteiger charge is -2.08. The van der Waals surface area contributed by atoms with Crippen molar-refractivity contribution in [3.63, 3.8) is 0 Å². The van der Waals surface area contributed by atoms with Gasteiger partial charge in [-0.25, -0.2) is 4.98 Å². The number of hydrogen-bond donors (Lipinski definition) is 1. The minimum absolute atomic E-state index is 0.0941. The second-order valence-corrected chi connectivity index (χ2v) is 7.18. The highest BCUT2D eigenvalue weighted by Gasteiger charge is 2.12. The van der Waals surface area contributed by atoms with Crippen molar-refractivity contribution in [2.75, 3.05) is 6.61 Å². The Hall–Kier alpha value is -3.54. The van der Waals surface area contributed by atoms with Crippen LogP contribution in [0.25, 0.3) is 22.4 Å². The van der Waals surface area contributed by atoms with Gasteiger partial charge < -0.3 is 18.8 Å². The van der Waals surface area contributed by atoms with Gasteiger partial charge in [0.2, 0.25) is 5.89 Å². The molecule has 0 saturated carbocycles. The second kappa shape index (κ2) is 8.86. The first-order valence-corrected chi connectivity index (χ1v) is 10.1. The number of ether oxygens (including phenoxy) is 1. The van der Waals surface area contributed by atoms with E-state index < -0.39 is 5.97 Å². The summed E-state index contributed by atoms with van der Waals surface area (Å²) in [4.78, 5) is 15.5. The number of carboxylic acids is 1. The molecule has 2 aromatic heterocycles. The fourth-order valence-electron chi connectivity index (χ4n) is 3.52. The maximum absolute atomic E-state index is 10.8. The molecule has 6 nitrogen and oxygen atoms in total. The number of aromatic nitrogens is 2. The Bertz CT molecular complexity index is 1140. The number of carboxylic acid groups (broad SMARTS) is 1. The summed E-state index contributed by atoms with van der Waals surface area (Å²) in [6, 6.07) is 17.7. The van der Waals surface area contributed by atoms with Crippen molar-refractivity contribution in [2.24, 2.45) is 0 Å². The van der Waals surface area contributed by atoms with Gasteiger partial charge in [0.25, 0.3) is 0 Å². The fourth-order valence-corrected chi connectivity index (χ4v) is 3.52. The molecule has 0 saturated heterocycles. The van der Waals surface area contributed by atoms with E-state index in [-0.39, 0.29) is 6.42 Å². The second-order valence-electron chi connectivity index (χ2n) is 7.18. The van der Waals surface area contributed by atoms with Crippen LogP contribution in [0.2, 0.25) is 0 Å². The third kappa shape index (κ3) is 4.38. The molecular weight excluding hydrogens is 380 g/mol. The summed E-state index contributed by atoms with van der Waals surface area (Å²) in [6.45, 7) is 2.94. The van der Waals surface area contributed by atoms with E-state index >= 15 is 0 Å². The molecule has 0 amide bonds. The van der Waals surface area contributed by atoms with E-state index in [9.17, 15) is 4.79 Å². The van der Waals surface area contributed by atoms with Crippen molar-refractivity contribution >= 4 is 16.9 Å². The van der Waals surface area contributed by atoms with E-state index in [1.165, 1.54) is 0 Å². The van der Waals surface area contributed by atoms with Gasteiger partial charge in [0, 0.05) is 23.7 Å². The van der Waals surface area contributed by atoms with Crippen LogP contribution in [0.3, 0.4) is 0 Å². The molecule has 0 aliphatic carbocycles. The molecule has 0 unspecified atom stereocenters. The highest BCUT2D eigenvalue weighted by molar-refractivity contribution is 5.86. The number of fused-ring (bicyclic) bond motifs is 1. The lowest BCUT2D eigenvalue weighted by atomic mass is 10.2. The van der Waals surface area contributed by atoms with E-state index in [4.69, 9.17) is 14.3 Å².